The van der Waals surface area contributed by atoms with E-state index in [9.17, 15) is 4.79 Å². The van der Waals surface area contributed by atoms with Gasteiger partial charge < -0.3 is 15.8 Å². The van der Waals surface area contributed by atoms with Gasteiger partial charge in [-0.05, 0) is 31.9 Å². The van der Waals surface area contributed by atoms with Gasteiger partial charge >= 0.3 is 0 Å². The standard InChI is InChI=1S/C15H23ClN2O2/c1-4-15(5-2,10-17)18-14(19)9-20-13-8-6-7-12(16)11(13)3/h6-8H,4-5,9-10,17H2,1-3H3,(H,18,19). The summed E-state index contributed by atoms with van der Waals surface area (Å²) in [6.45, 7) is 6.26. The number of nitrogens with two attached hydrogens (primary N) is 1. The van der Waals surface area contributed by atoms with Crippen LogP contribution in [0.1, 0.15) is 32.3 Å². The highest BCUT2D eigenvalue weighted by Gasteiger charge is 2.26. The smallest absolute Gasteiger partial charge is 0.258 e. The highest BCUT2D eigenvalue weighted by atomic mass is 35.5. The minimum Gasteiger partial charge on any atom is -0.483 e. The van der Waals surface area contributed by atoms with Gasteiger partial charge in [0.25, 0.3) is 5.91 Å². The van der Waals surface area contributed by atoms with Crippen molar-refractivity contribution in [1.82, 2.24) is 5.32 Å². The van der Waals surface area contributed by atoms with Crippen molar-refractivity contribution >= 4 is 17.5 Å². The molecule has 0 bridgehead atoms. The van der Waals surface area contributed by atoms with E-state index in [1.807, 2.05) is 20.8 Å². The molecular weight excluding hydrogens is 276 g/mol. The highest BCUT2D eigenvalue weighted by molar-refractivity contribution is 6.31. The van der Waals surface area contributed by atoms with Crippen LogP contribution in [0.3, 0.4) is 0 Å². The minimum absolute atomic E-state index is 0.0388. The highest BCUT2D eigenvalue weighted by Crippen LogP contribution is 2.24. The molecule has 0 spiro atoms. The summed E-state index contributed by atoms with van der Waals surface area (Å²) in [6, 6.07) is 5.38. The van der Waals surface area contributed by atoms with Crippen molar-refractivity contribution in [1.29, 1.82) is 0 Å². The second-order valence-corrected chi connectivity index (χ2v) is 5.30. The zero-order valence-corrected chi connectivity index (χ0v) is 13.1. The number of benzene rings is 1. The van der Waals surface area contributed by atoms with Crippen LogP contribution in [-0.4, -0.2) is 24.6 Å². The number of ether oxygens (including phenoxy) is 1. The van der Waals surface area contributed by atoms with E-state index in [4.69, 9.17) is 22.1 Å². The number of amides is 1. The van der Waals surface area contributed by atoms with Gasteiger partial charge in [0.05, 0.1) is 5.54 Å². The second-order valence-electron chi connectivity index (χ2n) is 4.89. The maximum absolute atomic E-state index is 12.0. The molecule has 0 heterocycles. The first-order valence-electron chi connectivity index (χ1n) is 6.87. The third-order valence-electron chi connectivity index (χ3n) is 3.73. The molecular formula is C15H23ClN2O2. The van der Waals surface area contributed by atoms with Crippen molar-refractivity contribution in [3.8, 4) is 5.75 Å². The number of nitrogens with one attached hydrogen (secondary N) is 1. The fourth-order valence-corrected chi connectivity index (χ4v) is 2.15. The Bertz CT molecular complexity index is 451. The molecule has 0 radical (unpaired) electrons. The molecule has 0 aliphatic heterocycles. The van der Waals surface area contributed by atoms with E-state index in [2.05, 4.69) is 5.32 Å². The fraction of sp³-hybridized carbons (Fsp3) is 0.533. The van der Waals surface area contributed by atoms with Gasteiger partial charge in [-0.1, -0.05) is 31.5 Å². The summed E-state index contributed by atoms with van der Waals surface area (Å²) in [6.07, 6.45) is 1.59. The summed E-state index contributed by atoms with van der Waals surface area (Å²) in [4.78, 5) is 12.0. The monoisotopic (exact) mass is 298 g/mol. The third kappa shape index (κ3) is 4.12. The predicted octanol–water partition coefficient (Wildman–Crippen LogP) is 2.66. The van der Waals surface area contributed by atoms with Gasteiger partial charge in [0, 0.05) is 17.1 Å². The number of halogens is 1. The number of hydrogen-bond donors (Lipinski definition) is 2. The first kappa shape index (κ1) is 16.8. The Labute approximate surface area is 125 Å². The van der Waals surface area contributed by atoms with Crippen LogP contribution < -0.4 is 15.8 Å². The summed E-state index contributed by atoms with van der Waals surface area (Å²) in [5.41, 5.74) is 6.24. The Balaban J connectivity index is 2.61. The molecule has 0 saturated heterocycles. The van der Waals surface area contributed by atoms with Gasteiger partial charge in [-0.2, -0.15) is 0 Å². The molecule has 4 nitrogen and oxygen atoms in total. The Morgan fingerprint density at radius 1 is 1.40 bits per heavy atom. The van der Waals surface area contributed by atoms with Crippen LogP contribution in [0.25, 0.3) is 0 Å². The lowest BCUT2D eigenvalue weighted by Crippen LogP contribution is -2.54. The van der Waals surface area contributed by atoms with Gasteiger partial charge in [0.1, 0.15) is 5.75 Å². The zero-order chi connectivity index (χ0) is 15.2. The summed E-state index contributed by atoms with van der Waals surface area (Å²) in [5.74, 6) is 0.456. The van der Waals surface area contributed by atoms with E-state index in [-0.39, 0.29) is 18.1 Å². The van der Waals surface area contributed by atoms with Crippen molar-refractivity contribution < 1.29 is 9.53 Å². The van der Waals surface area contributed by atoms with Crippen molar-refractivity contribution in [3.05, 3.63) is 28.8 Å². The molecule has 20 heavy (non-hydrogen) atoms. The van der Waals surface area contributed by atoms with Crippen molar-refractivity contribution in [3.63, 3.8) is 0 Å². The molecule has 0 unspecified atom stereocenters. The molecule has 0 fully saturated rings. The van der Waals surface area contributed by atoms with Crippen LogP contribution in [0.15, 0.2) is 18.2 Å². The van der Waals surface area contributed by atoms with Gasteiger partial charge in [0.2, 0.25) is 0 Å². The average molecular weight is 299 g/mol. The first-order chi connectivity index (χ1) is 9.48. The van der Waals surface area contributed by atoms with E-state index in [1.165, 1.54) is 0 Å². The Hall–Kier alpha value is -1.26. The first-order valence-corrected chi connectivity index (χ1v) is 7.24. The lowest BCUT2D eigenvalue weighted by molar-refractivity contribution is -0.125. The Kier molecular flexibility index (Phi) is 6.30. The van der Waals surface area contributed by atoms with Gasteiger partial charge in [-0.3, -0.25) is 4.79 Å². The Morgan fingerprint density at radius 3 is 2.60 bits per heavy atom. The maximum Gasteiger partial charge on any atom is 0.258 e. The molecule has 3 N–H and O–H groups in total. The number of carbonyl (C=O) groups is 1. The van der Waals surface area contributed by atoms with Gasteiger partial charge in [0.15, 0.2) is 6.61 Å². The third-order valence-corrected chi connectivity index (χ3v) is 4.14. The molecule has 1 aromatic rings. The summed E-state index contributed by atoms with van der Waals surface area (Å²) < 4.78 is 5.52. The number of rotatable bonds is 7. The number of hydrogen-bond acceptors (Lipinski definition) is 3. The van der Waals surface area contributed by atoms with Crippen molar-refractivity contribution in [2.45, 2.75) is 39.2 Å². The van der Waals surface area contributed by atoms with Crippen LogP contribution in [-0.2, 0) is 4.79 Å². The topological polar surface area (TPSA) is 64.3 Å². The second kappa shape index (κ2) is 7.50. The van der Waals surface area contributed by atoms with Crippen LogP contribution in [0.4, 0.5) is 0 Å². The molecule has 1 rings (SSSR count). The lowest BCUT2D eigenvalue weighted by atomic mass is 9.93. The van der Waals surface area contributed by atoms with Crippen LogP contribution in [0.5, 0.6) is 5.75 Å². The average Bonchev–Trinajstić information content (AvgIpc) is 2.46. The van der Waals surface area contributed by atoms with E-state index < -0.39 is 0 Å². The van der Waals surface area contributed by atoms with Crippen molar-refractivity contribution in [2.75, 3.05) is 13.2 Å². The summed E-state index contributed by atoms with van der Waals surface area (Å²) >= 11 is 6.01. The number of carbonyl (C=O) groups excluding carboxylic acids is 1. The molecule has 0 atom stereocenters. The normalized spacial score (nSPS) is 11.2. The molecule has 5 heteroatoms. The summed E-state index contributed by atoms with van der Waals surface area (Å²) in [5, 5.41) is 3.59. The fourth-order valence-electron chi connectivity index (χ4n) is 1.99. The van der Waals surface area contributed by atoms with E-state index in [0.29, 0.717) is 17.3 Å². The van der Waals surface area contributed by atoms with Crippen molar-refractivity contribution in [2.24, 2.45) is 5.73 Å². The molecule has 0 saturated carbocycles. The van der Waals surface area contributed by atoms with E-state index in [1.54, 1.807) is 18.2 Å². The molecule has 0 aliphatic rings. The van der Waals surface area contributed by atoms with E-state index in [0.717, 1.165) is 18.4 Å². The Morgan fingerprint density at radius 2 is 2.05 bits per heavy atom. The predicted molar refractivity (Wildman–Crippen MR) is 82.2 cm³/mol. The summed E-state index contributed by atoms with van der Waals surface area (Å²) in [7, 11) is 0. The SMILES string of the molecule is CCC(CC)(CN)NC(=O)COc1cccc(Cl)c1C. The van der Waals surface area contributed by atoms with Crippen LogP contribution in [0, 0.1) is 6.92 Å². The lowest BCUT2D eigenvalue weighted by Gasteiger charge is -2.31. The zero-order valence-electron chi connectivity index (χ0n) is 12.3. The van der Waals surface area contributed by atoms with Crippen LogP contribution in [0.2, 0.25) is 5.02 Å². The van der Waals surface area contributed by atoms with E-state index >= 15 is 0 Å². The quantitative estimate of drug-likeness (QED) is 0.813. The molecule has 112 valence electrons. The largest absolute Gasteiger partial charge is 0.483 e. The minimum atomic E-state index is -0.343. The molecule has 0 aliphatic carbocycles. The molecule has 1 aromatic carbocycles. The van der Waals surface area contributed by atoms with Crippen LogP contribution >= 0.6 is 11.6 Å². The van der Waals surface area contributed by atoms with Gasteiger partial charge in [-0.15, -0.1) is 0 Å². The molecule has 0 aromatic heterocycles. The van der Waals surface area contributed by atoms with Gasteiger partial charge in [-0.25, -0.2) is 0 Å². The maximum atomic E-state index is 12.0. The molecule has 1 amide bonds.